The first-order valence-electron chi connectivity index (χ1n) is 3.93. The molecule has 1 atom stereocenters. The van der Waals surface area contributed by atoms with Crippen LogP contribution in [0, 0.1) is 0 Å². The minimum absolute atomic E-state index is 0.0487. The number of carbonyl (C=O) groups is 1. The fourth-order valence-electron chi connectivity index (χ4n) is 1.04. The van der Waals surface area contributed by atoms with Gasteiger partial charge in [-0.25, -0.2) is 4.79 Å². The van der Waals surface area contributed by atoms with Crippen LogP contribution in [0.25, 0.3) is 0 Å². The van der Waals surface area contributed by atoms with Crippen LogP contribution in [0.3, 0.4) is 0 Å². The maximum atomic E-state index is 10.6. The number of hydrogen-bond acceptors (Lipinski definition) is 2. The average molecular weight is 158 g/mol. The SMILES string of the molecule is CCCOC1CCN1C(N)=O. The van der Waals surface area contributed by atoms with E-state index in [1.165, 1.54) is 4.90 Å². The van der Waals surface area contributed by atoms with Gasteiger partial charge in [0.1, 0.15) is 6.23 Å². The van der Waals surface area contributed by atoms with Crippen LogP contribution in [0.5, 0.6) is 0 Å². The summed E-state index contributed by atoms with van der Waals surface area (Å²) in [5.74, 6) is 0. The number of ether oxygens (including phenoxy) is 1. The molecule has 1 rings (SSSR count). The van der Waals surface area contributed by atoms with Gasteiger partial charge in [-0.3, -0.25) is 4.90 Å². The largest absolute Gasteiger partial charge is 0.358 e. The highest BCUT2D eigenvalue weighted by molar-refractivity contribution is 5.73. The fraction of sp³-hybridized carbons (Fsp3) is 0.857. The second-order valence-electron chi connectivity index (χ2n) is 2.65. The summed E-state index contributed by atoms with van der Waals surface area (Å²) in [6.45, 7) is 3.48. The van der Waals surface area contributed by atoms with Gasteiger partial charge < -0.3 is 10.5 Å². The predicted molar refractivity (Wildman–Crippen MR) is 40.9 cm³/mol. The van der Waals surface area contributed by atoms with Crippen molar-refractivity contribution in [1.29, 1.82) is 0 Å². The molecule has 1 aliphatic rings. The van der Waals surface area contributed by atoms with Gasteiger partial charge in [0, 0.05) is 19.6 Å². The second-order valence-corrected chi connectivity index (χ2v) is 2.65. The number of amides is 2. The summed E-state index contributed by atoms with van der Waals surface area (Å²) < 4.78 is 5.33. The normalized spacial score (nSPS) is 23.0. The lowest BCUT2D eigenvalue weighted by molar-refractivity contribution is -0.0930. The third kappa shape index (κ3) is 1.83. The highest BCUT2D eigenvalue weighted by Crippen LogP contribution is 2.17. The Morgan fingerprint density at radius 2 is 2.55 bits per heavy atom. The molecule has 0 spiro atoms. The number of rotatable bonds is 3. The van der Waals surface area contributed by atoms with E-state index in [-0.39, 0.29) is 12.3 Å². The molecule has 0 bridgehead atoms. The van der Waals surface area contributed by atoms with Crippen LogP contribution in [0.4, 0.5) is 4.79 Å². The van der Waals surface area contributed by atoms with E-state index in [1.807, 2.05) is 6.92 Å². The highest BCUT2D eigenvalue weighted by Gasteiger charge is 2.30. The Morgan fingerprint density at radius 3 is 2.91 bits per heavy atom. The minimum atomic E-state index is -0.377. The summed E-state index contributed by atoms with van der Waals surface area (Å²) >= 11 is 0. The molecule has 2 amide bonds. The average Bonchev–Trinajstić information content (AvgIpc) is 1.84. The molecule has 1 unspecified atom stereocenters. The molecule has 1 saturated heterocycles. The smallest absolute Gasteiger partial charge is 0.316 e. The number of primary amides is 1. The Morgan fingerprint density at radius 1 is 1.82 bits per heavy atom. The summed E-state index contributed by atoms with van der Waals surface area (Å²) in [5.41, 5.74) is 5.07. The molecule has 11 heavy (non-hydrogen) atoms. The summed E-state index contributed by atoms with van der Waals surface area (Å²) in [7, 11) is 0. The molecule has 0 aromatic rings. The molecule has 1 fully saturated rings. The summed E-state index contributed by atoms with van der Waals surface area (Å²) in [5, 5.41) is 0. The highest BCUT2D eigenvalue weighted by atomic mass is 16.5. The molecule has 64 valence electrons. The zero-order valence-electron chi connectivity index (χ0n) is 6.75. The summed E-state index contributed by atoms with van der Waals surface area (Å²) in [6.07, 6.45) is 1.85. The molecule has 0 saturated carbocycles. The van der Waals surface area contributed by atoms with Gasteiger partial charge in [0.15, 0.2) is 0 Å². The number of hydrogen-bond donors (Lipinski definition) is 1. The van der Waals surface area contributed by atoms with Crippen LogP contribution >= 0.6 is 0 Å². The molecule has 4 heteroatoms. The van der Waals surface area contributed by atoms with E-state index in [0.29, 0.717) is 6.61 Å². The van der Waals surface area contributed by atoms with Crippen molar-refractivity contribution in [2.24, 2.45) is 5.73 Å². The number of likely N-dealkylation sites (tertiary alicyclic amines) is 1. The lowest BCUT2D eigenvalue weighted by Crippen LogP contribution is -2.54. The number of nitrogens with two attached hydrogens (primary N) is 1. The molecule has 0 radical (unpaired) electrons. The summed E-state index contributed by atoms with van der Waals surface area (Å²) in [6, 6.07) is -0.377. The van der Waals surface area contributed by atoms with Gasteiger partial charge in [-0.05, 0) is 6.42 Å². The van der Waals surface area contributed by atoms with Gasteiger partial charge >= 0.3 is 6.03 Å². The molecular formula is C7H14N2O2. The second kappa shape index (κ2) is 3.57. The van der Waals surface area contributed by atoms with Crippen molar-refractivity contribution in [3.63, 3.8) is 0 Å². The molecule has 2 N–H and O–H groups in total. The molecule has 0 aromatic carbocycles. The maximum Gasteiger partial charge on any atom is 0.316 e. The van der Waals surface area contributed by atoms with Gasteiger partial charge in [0.25, 0.3) is 0 Å². The molecule has 0 aromatic heterocycles. The molecule has 1 aliphatic heterocycles. The van der Waals surface area contributed by atoms with Crippen molar-refractivity contribution in [1.82, 2.24) is 4.90 Å². The van der Waals surface area contributed by atoms with E-state index in [2.05, 4.69) is 0 Å². The topological polar surface area (TPSA) is 55.6 Å². The monoisotopic (exact) mass is 158 g/mol. The number of nitrogens with zero attached hydrogens (tertiary/aromatic N) is 1. The Hall–Kier alpha value is -0.770. The van der Waals surface area contributed by atoms with Crippen LogP contribution in [0.15, 0.2) is 0 Å². The van der Waals surface area contributed by atoms with E-state index in [4.69, 9.17) is 10.5 Å². The van der Waals surface area contributed by atoms with Gasteiger partial charge in [-0.15, -0.1) is 0 Å². The molecular weight excluding hydrogens is 144 g/mol. The van der Waals surface area contributed by atoms with E-state index >= 15 is 0 Å². The number of carbonyl (C=O) groups excluding carboxylic acids is 1. The Balaban J connectivity index is 2.20. The van der Waals surface area contributed by atoms with Gasteiger partial charge in [-0.1, -0.05) is 6.92 Å². The zero-order valence-corrected chi connectivity index (χ0v) is 6.75. The Bertz CT molecular complexity index is 149. The lowest BCUT2D eigenvalue weighted by Gasteiger charge is -2.38. The summed E-state index contributed by atoms with van der Waals surface area (Å²) in [4.78, 5) is 12.2. The zero-order chi connectivity index (χ0) is 8.27. The molecule has 0 aliphatic carbocycles. The van der Waals surface area contributed by atoms with Crippen molar-refractivity contribution in [2.45, 2.75) is 26.0 Å². The molecule has 4 nitrogen and oxygen atoms in total. The van der Waals surface area contributed by atoms with Crippen LogP contribution < -0.4 is 5.73 Å². The van der Waals surface area contributed by atoms with Gasteiger partial charge in [0.2, 0.25) is 0 Å². The fourth-order valence-corrected chi connectivity index (χ4v) is 1.04. The van der Waals surface area contributed by atoms with Crippen LogP contribution in [0.2, 0.25) is 0 Å². The standard InChI is InChI=1S/C7H14N2O2/c1-2-5-11-6-3-4-9(6)7(8)10/h6H,2-5H2,1H3,(H2,8,10). The van der Waals surface area contributed by atoms with Crippen LogP contribution in [-0.2, 0) is 4.74 Å². The van der Waals surface area contributed by atoms with Crippen LogP contribution in [0.1, 0.15) is 19.8 Å². The van der Waals surface area contributed by atoms with Gasteiger partial charge in [0.05, 0.1) is 0 Å². The molecule has 1 heterocycles. The van der Waals surface area contributed by atoms with E-state index in [9.17, 15) is 4.79 Å². The van der Waals surface area contributed by atoms with Crippen molar-refractivity contribution >= 4 is 6.03 Å². The first-order valence-corrected chi connectivity index (χ1v) is 3.93. The Kier molecular flexibility index (Phi) is 2.70. The minimum Gasteiger partial charge on any atom is -0.358 e. The van der Waals surface area contributed by atoms with E-state index in [1.54, 1.807) is 0 Å². The van der Waals surface area contributed by atoms with E-state index < -0.39 is 0 Å². The maximum absolute atomic E-state index is 10.6. The van der Waals surface area contributed by atoms with E-state index in [0.717, 1.165) is 19.4 Å². The van der Waals surface area contributed by atoms with Crippen molar-refractivity contribution in [2.75, 3.05) is 13.2 Å². The third-order valence-corrected chi connectivity index (χ3v) is 1.76. The first-order chi connectivity index (χ1) is 5.25. The van der Waals surface area contributed by atoms with Crippen molar-refractivity contribution < 1.29 is 9.53 Å². The predicted octanol–water partition coefficient (Wildman–Crippen LogP) is 0.524. The quantitative estimate of drug-likeness (QED) is 0.651. The van der Waals surface area contributed by atoms with Crippen LogP contribution in [-0.4, -0.2) is 30.3 Å². The Labute approximate surface area is 66.3 Å². The van der Waals surface area contributed by atoms with Gasteiger partial charge in [-0.2, -0.15) is 0 Å². The first kappa shape index (κ1) is 8.33. The van der Waals surface area contributed by atoms with Crippen molar-refractivity contribution in [3.05, 3.63) is 0 Å². The third-order valence-electron chi connectivity index (χ3n) is 1.76. The number of urea groups is 1. The lowest BCUT2D eigenvalue weighted by atomic mass is 10.2. The van der Waals surface area contributed by atoms with Crippen molar-refractivity contribution in [3.8, 4) is 0 Å².